The molecule has 2 aliphatic carbocycles. The van der Waals surface area contributed by atoms with E-state index in [2.05, 4.69) is 29.6 Å². The van der Waals surface area contributed by atoms with Crippen molar-refractivity contribution in [1.82, 2.24) is 5.32 Å². The lowest BCUT2D eigenvalue weighted by molar-refractivity contribution is 0.166. The molecule has 1 saturated carbocycles. The Kier molecular flexibility index (Phi) is 4.26. The van der Waals surface area contributed by atoms with Crippen molar-refractivity contribution < 1.29 is 0 Å². The highest BCUT2D eigenvalue weighted by atomic mass is 14.9. The summed E-state index contributed by atoms with van der Waals surface area (Å²) >= 11 is 0. The van der Waals surface area contributed by atoms with Crippen LogP contribution in [-0.4, -0.2) is 13.1 Å². The lowest BCUT2D eigenvalue weighted by atomic mass is 9.58. The minimum Gasteiger partial charge on any atom is -0.317 e. The molecule has 3 aliphatic rings. The SMILES string of the molecule is c1ccc2c(c1)CCCC2(CC1CCNCC1)C1CCCC1. The van der Waals surface area contributed by atoms with Gasteiger partial charge < -0.3 is 5.32 Å². The van der Waals surface area contributed by atoms with E-state index in [1.165, 1.54) is 77.3 Å². The van der Waals surface area contributed by atoms with E-state index < -0.39 is 0 Å². The highest BCUT2D eigenvalue weighted by molar-refractivity contribution is 5.38. The van der Waals surface area contributed by atoms with Gasteiger partial charge in [0.1, 0.15) is 0 Å². The number of benzene rings is 1. The molecular formula is C21H31N. The van der Waals surface area contributed by atoms with E-state index in [4.69, 9.17) is 0 Å². The van der Waals surface area contributed by atoms with Gasteiger partial charge in [-0.2, -0.15) is 0 Å². The van der Waals surface area contributed by atoms with Crippen LogP contribution in [0.4, 0.5) is 0 Å². The number of rotatable bonds is 3. The lowest BCUT2D eigenvalue weighted by Crippen LogP contribution is -2.41. The molecular weight excluding hydrogens is 266 g/mol. The van der Waals surface area contributed by atoms with Crippen LogP contribution in [-0.2, 0) is 11.8 Å². The maximum atomic E-state index is 3.55. The number of hydrogen-bond acceptors (Lipinski definition) is 1. The molecule has 0 aromatic heterocycles. The molecule has 2 fully saturated rings. The molecule has 0 radical (unpaired) electrons. The summed E-state index contributed by atoms with van der Waals surface area (Å²) in [4.78, 5) is 0. The number of aryl methyl sites for hydroxylation is 1. The van der Waals surface area contributed by atoms with Gasteiger partial charge in [0.15, 0.2) is 0 Å². The Balaban J connectivity index is 1.69. The molecule has 1 aromatic rings. The quantitative estimate of drug-likeness (QED) is 0.841. The summed E-state index contributed by atoms with van der Waals surface area (Å²) in [6.07, 6.45) is 14.4. The molecule has 1 heterocycles. The van der Waals surface area contributed by atoms with E-state index in [0.29, 0.717) is 5.41 Å². The summed E-state index contributed by atoms with van der Waals surface area (Å²) < 4.78 is 0. The number of hydrogen-bond donors (Lipinski definition) is 1. The summed E-state index contributed by atoms with van der Waals surface area (Å²) in [6, 6.07) is 9.47. The average Bonchev–Trinajstić information content (AvgIpc) is 3.11. The summed E-state index contributed by atoms with van der Waals surface area (Å²) in [5.41, 5.74) is 3.95. The van der Waals surface area contributed by atoms with Gasteiger partial charge in [0.25, 0.3) is 0 Å². The predicted molar refractivity (Wildman–Crippen MR) is 93.2 cm³/mol. The van der Waals surface area contributed by atoms with Gasteiger partial charge in [-0.1, -0.05) is 37.1 Å². The van der Waals surface area contributed by atoms with Gasteiger partial charge in [0, 0.05) is 0 Å². The van der Waals surface area contributed by atoms with E-state index in [0.717, 1.165) is 11.8 Å². The van der Waals surface area contributed by atoms with Gasteiger partial charge in [0.2, 0.25) is 0 Å². The molecule has 1 atom stereocenters. The average molecular weight is 297 g/mol. The van der Waals surface area contributed by atoms with E-state index in [9.17, 15) is 0 Å². The van der Waals surface area contributed by atoms with Crippen LogP contribution < -0.4 is 5.32 Å². The zero-order valence-corrected chi connectivity index (χ0v) is 13.9. The third-order valence-electron chi connectivity index (χ3n) is 6.87. The number of piperidine rings is 1. The van der Waals surface area contributed by atoms with Gasteiger partial charge in [-0.25, -0.2) is 0 Å². The zero-order valence-electron chi connectivity index (χ0n) is 13.9. The molecule has 120 valence electrons. The number of nitrogens with one attached hydrogen (secondary N) is 1. The van der Waals surface area contributed by atoms with Crippen molar-refractivity contribution in [2.24, 2.45) is 11.8 Å². The summed E-state index contributed by atoms with van der Waals surface area (Å²) in [7, 11) is 0. The van der Waals surface area contributed by atoms with Crippen LogP contribution in [0.5, 0.6) is 0 Å². The zero-order chi connectivity index (χ0) is 14.8. The maximum Gasteiger partial charge on any atom is -0.00133 e. The molecule has 0 bridgehead atoms. The van der Waals surface area contributed by atoms with Crippen molar-refractivity contribution >= 4 is 0 Å². The lowest BCUT2D eigenvalue weighted by Gasteiger charge is -2.47. The molecule has 1 aromatic carbocycles. The second-order valence-electron chi connectivity index (χ2n) is 8.05. The fourth-order valence-corrected chi connectivity index (χ4v) is 5.84. The normalized spacial score (nSPS) is 30.4. The van der Waals surface area contributed by atoms with Crippen LogP contribution in [0, 0.1) is 11.8 Å². The largest absolute Gasteiger partial charge is 0.317 e. The standard InChI is InChI=1S/C21H31N/c1-4-10-20-18(6-1)7-5-13-21(20,19-8-2-3-9-19)16-17-11-14-22-15-12-17/h1,4,6,10,17,19,22H,2-3,5,7-9,11-16H2. The van der Waals surface area contributed by atoms with E-state index in [1.54, 1.807) is 11.1 Å². The Bertz CT molecular complexity index is 496. The molecule has 0 spiro atoms. The molecule has 1 aliphatic heterocycles. The highest BCUT2D eigenvalue weighted by Gasteiger charge is 2.45. The molecule has 1 heteroatoms. The van der Waals surface area contributed by atoms with E-state index >= 15 is 0 Å². The predicted octanol–water partition coefficient (Wildman–Crippen LogP) is 4.84. The van der Waals surface area contributed by atoms with Crippen molar-refractivity contribution in [2.45, 2.75) is 69.6 Å². The Labute approximate surface area is 135 Å². The molecule has 0 amide bonds. The first-order valence-corrected chi connectivity index (χ1v) is 9.68. The smallest absolute Gasteiger partial charge is 0.00133 e. The van der Waals surface area contributed by atoms with Crippen molar-refractivity contribution in [2.75, 3.05) is 13.1 Å². The Morgan fingerprint density at radius 3 is 2.55 bits per heavy atom. The summed E-state index contributed by atoms with van der Waals surface area (Å²) in [5, 5.41) is 3.55. The van der Waals surface area contributed by atoms with Gasteiger partial charge >= 0.3 is 0 Å². The first-order chi connectivity index (χ1) is 10.9. The fourth-order valence-electron chi connectivity index (χ4n) is 5.84. The third kappa shape index (κ3) is 2.62. The van der Waals surface area contributed by atoms with Gasteiger partial charge in [-0.3, -0.25) is 0 Å². The monoisotopic (exact) mass is 297 g/mol. The first-order valence-electron chi connectivity index (χ1n) is 9.68. The summed E-state index contributed by atoms with van der Waals surface area (Å²) in [5.74, 6) is 1.91. The van der Waals surface area contributed by atoms with Gasteiger partial charge in [-0.15, -0.1) is 0 Å². The van der Waals surface area contributed by atoms with Crippen molar-refractivity contribution in [1.29, 1.82) is 0 Å². The molecule has 22 heavy (non-hydrogen) atoms. The van der Waals surface area contributed by atoms with Crippen LogP contribution in [0.15, 0.2) is 24.3 Å². The van der Waals surface area contributed by atoms with Crippen LogP contribution in [0.3, 0.4) is 0 Å². The Hall–Kier alpha value is -0.820. The Morgan fingerprint density at radius 1 is 0.955 bits per heavy atom. The second-order valence-corrected chi connectivity index (χ2v) is 8.05. The van der Waals surface area contributed by atoms with E-state index in [-0.39, 0.29) is 0 Å². The summed E-state index contributed by atoms with van der Waals surface area (Å²) in [6.45, 7) is 2.49. The van der Waals surface area contributed by atoms with Crippen LogP contribution in [0.25, 0.3) is 0 Å². The minimum absolute atomic E-state index is 0.521. The number of fused-ring (bicyclic) bond motifs is 1. The Morgan fingerprint density at radius 2 is 1.73 bits per heavy atom. The molecule has 1 unspecified atom stereocenters. The molecule has 4 rings (SSSR count). The minimum atomic E-state index is 0.521. The molecule has 1 nitrogen and oxygen atoms in total. The maximum absolute atomic E-state index is 3.55. The fraction of sp³-hybridized carbons (Fsp3) is 0.714. The van der Waals surface area contributed by atoms with Gasteiger partial charge in [-0.05, 0) is 92.8 Å². The van der Waals surface area contributed by atoms with Crippen LogP contribution in [0.1, 0.15) is 68.9 Å². The van der Waals surface area contributed by atoms with Gasteiger partial charge in [0.05, 0.1) is 0 Å². The van der Waals surface area contributed by atoms with Crippen molar-refractivity contribution in [3.05, 3.63) is 35.4 Å². The highest BCUT2D eigenvalue weighted by Crippen LogP contribution is 2.53. The van der Waals surface area contributed by atoms with Crippen molar-refractivity contribution in [3.8, 4) is 0 Å². The second kappa shape index (κ2) is 6.35. The van der Waals surface area contributed by atoms with E-state index in [1.807, 2.05) is 0 Å². The topological polar surface area (TPSA) is 12.0 Å². The first kappa shape index (κ1) is 14.8. The van der Waals surface area contributed by atoms with Crippen molar-refractivity contribution in [3.63, 3.8) is 0 Å². The third-order valence-corrected chi connectivity index (χ3v) is 6.87. The van der Waals surface area contributed by atoms with Crippen LogP contribution in [0.2, 0.25) is 0 Å². The molecule has 1 N–H and O–H groups in total. The molecule has 1 saturated heterocycles. The van der Waals surface area contributed by atoms with Crippen LogP contribution >= 0.6 is 0 Å².